The van der Waals surface area contributed by atoms with Crippen LogP contribution in [0.3, 0.4) is 0 Å². The molecule has 2 rings (SSSR count). The zero-order chi connectivity index (χ0) is 2.57. The van der Waals surface area contributed by atoms with Crippen LogP contribution in [-0.4, -0.2) is 11.8 Å². The second-order valence-electron chi connectivity index (χ2n) is 1.30. The van der Waals surface area contributed by atoms with Gasteiger partial charge >= 0.3 is 0 Å². The van der Waals surface area contributed by atoms with Crippen LogP contribution in [0.25, 0.3) is 0 Å². The van der Waals surface area contributed by atoms with E-state index in [1.807, 2.05) is 0 Å². The molecule has 2 heterocycles. The van der Waals surface area contributed by atoms with Crippen LogP contribution in [0.4, 0.5) is 0 Å². The molecule has 0 amide bonds. The summed E-state index contributed by atoms with van der Waals surface area (Å²) in [5.41, 5.74) is 0. The van der Waals surface area contributed by atoms with Crippen molar-refractivity contribution in [1.82, 2.24) is 0 Å². The molecule has 0 radical (unpaired) electrons. The van der Waals surface area contributed by atoms with E-state index in [-0.39, 0.29) is 0 Å². The van der Waals surface area contributed by atoms with Gasteiger partial charge in [-0.1, -0.05) is 15.2 Å². The van der Waals surface area contributed by atoms with Crippen LogP contribution in [0, 0.1) is 0 Å². The summed E-state index contributed by atoms with van der Waals surface area (Å²) in [5, 5.41) is 0. The Morgan fingerprint density at radius 2 is 1.25 bits per heavy atom. The standard InChI is InChI=1S/C2H4P2/c1-3-2-4(1)3/h1-2H2. The van der Waals surface area contributed by atoms with E-state index in [1.165, 1.54) is 0 Å². The molecule has 0 atom stereocenters. The summed E-state index contributed by atoms with van der Waals surface area (Å²) < 4.78 is 0. The van der Waals surface area contributed by atoms with Crippen molar-refractivity contribution in [3.8, 4) is 0 Å². The highest BCUT2D eigenvalue weighted by molar-refractivity contribution is 8.60. The fourth-order valence-corrected chi connectivity index (χ4v) is 5.73. The average Bonchev–Trinajstić information content (AvgIpc) is 1.36. The summed E-state index contributed by atoms with van der Waals surface area (Å²) in [7, 11) is 1.72. The van der Waals surface area contributed by atoms with Crippen molar-refractivity contribution in [3.05, 3.63) is 0 Å². The van der Waals surface area contributed by atoms with Gasteiger partial charge in [-0.15, -0.1) is 0 Å². The lowest BCUT2D eigenvalue weighted by Crippen LogP contribution is -1.42. The van der Waals surface area contributed by atoms with Crippen LogP contribution in [0.2, 0.25) is 0 Å². The Balaban J connectivity index is 2.48. The minimum atomic E-state index is 0.861. The Bertz CT molecular complexity index is 40.0. The van der Waals surface area contributed by atoms with Gasteiger partial charge in [-0.3, -0.25) is 0 Å². The minimum Gasteiger partial charge on any atom is -0.0708 e. The summed E-state index contributed by atoms with van der Waals surface area (Å²) >= 11 is 0. The van der Waals surface area contributed by atoms with E-state index >= 15 is 0 Å². The molecule has 2 fully saturated rings. The molecule has 4 heavy (non-hydrogen) atoms. The second kappa shape index (κ2) is 0.402. The number of hydrogen-bond donors (Lipinski definition) is 0. The third-order valence-electron chi connectivity index (χ3n) is 0.883. The smallest absolute Gasteiger partial charge is 0.00359 e. The molecule has 2 saturated heterocycles. The topological polar surface area (TPSA) is 0 Å². The largest absolute Gasteiger partial charge is 0.0708 e. The van der Waals surface area contributed by atoms with Crippen molar-refractivity contribution in [2.24, 2.45) is 0 Å². The van der Waals surface area contributed by atoms with Crippen molar-refractivity contribution in [2.75, 3.05) is 11.8 Å². The Morgan fingerprint density at radius 1 is 1.00 bits per heavy atom. The van der Waals surface area contributed by atoms with Crippen LogP contribution < -0.4 is 0 Å². The number of fused-ring (bicyclic) bond motifs is 1. The monoisotopic (exact) mass is 90.0 g/mol. The fraction of sp³-hybridized carbons (Fsp3) is 1.00. The Kier molecular flexibility index (Phi) is 0.212. The van der Waals surface area contributed by atoms with E-state index < -0.39 is 0 Å². The average molecular weight is 90.0 g/mol. The maximum absolute atomic E-state index is 1.71. The Hall–Kier alpha value is 0.860. The van der Waals surface area contributed by atoms with Gasteiger partial charge < -0.3 is 0 Å². The normalized spacial score (nSPS) is 66.0. The molecule has 0 aliphatic carbocycles. The van der Waals surface area contributed by atoms with Crippen molar-refractivity contribution in [3.63, 3.8) is 0 Å². The van der Waals surface area contributed by atoms with E-state index in [4.69, 9.17) is 0 Å². The highest BCUT2D eigenvalue weighted by Gasteiger charge is 2.52. The molecule has 0 aromatic carbocycles. The lowest BCUT2D eigenvalue weighted by atomic mass is 11.8. The van der Waals surface area contributed by atoms with Gasteiger partial charge in [0, 0.05) is 0 Å². The third-order valence-corrected chi connectivity index (χ3v) is 7.95. The lowest BCUT2D eigenvalue weighted by Gasteiger charge is -1.59. The molecule has 0 N–H and O–H groups in total. The van der Waals surface area contributed by atoms with E-state index in [9.17, 15) is 0 Å². The molecular formula is C2H4P2. The van der Waals surface area contributed by atoms with Gasteiger partial charge in [-0.25, -0.2) is 0 Å². The first-order valence-corrected chi connectivity index (χ1v) is 5.59. The van der Waals surface area contributed by atoms with Crippen molar-refractivity contribution in [2.45, 2.75) is 0 Å². The molecule has 0 nitrogen and oxygen atoms in total. The first kappa shape index (κ1) is 2.11. The fourth-order valence-electron chi connectivity index (χ4n) is 0.279. The van der Waals surface area contributed by atoms with Gasteiger partial charge in [0.25, 0.3) is 0 Å². The molecule has 2 heteroatoms. The summed E-state index contributed by atoms with van der Waals surface area (Å²) in [6.07, 6.45) is 0. The van der Waals surface area contributed by atoms with E-state index in [0.717, 1.165) is 15.2 Å². The lowest BCUT2D eigenvalue weighted by molar-refractivity contribution is 2.07. The first-order valence-electron chi connectivity index (χ1n) is 1.46. The maximum Gasteiger partial charge on any atom is -0.00359 e. The van der Waals surface area contributed by atoms with Crippen LogP contribution in [0.1, 0.15) is 0 Å². The molecular weight excluding hydrogens is 86.0 g/mol. The van der Waals surface area contributed by atoms with Crippen molar-refractivity contribution < 1.29 is 0 Å². The van der Waals surface area contributed by atoms with E-state index in [0.29, 0.717) is 0 Å². The quantitative estimate of drug-likeness (QED) is 0.398. The molecule has 0 bridgehead atoms. The zero-order valence-corrected chi connectivity index (χ0v) is 4.10. The summed E-state index contributed by atoms with van der Waals surface area (Å²) in [6, 6.07) is 0. The summed E-state index contributed by atoms with van der Waals surface area (Å²) in [4.78, 5) is 0. The number of hydrogen-bond acceptors (Lipinski definition) is 0. The van der Waals surface area contributed by atoms with Gasteiger partial charge in [0.2, 0.25) is 0 Å². The second-order valence-corrected chi connectivity index (χ2v) is 8.98. The third kappa shape index (κ3) is 0.126. The van der Waals surface area contributed by atoms with Crippen LogP contribution in [-0.2, 0) is 0 Å². The van der Waals surface area contributed by atoms with Crippen LogP contribution in [0.15, 0.2) is 0 Å². The molecule has 2 aliphatic heterocycles. The zero-order valence-electron chi connectivity index (χ0n) is 2.31. The molecule has 0 aromatic heterocycles. The SMILES string of the molecule is C1P2CP12. The molecule has 22 valence electrons. The molecule has 0 spiro atoms. The summed E-state index contributed by atoms with van der Waals surface area (Å²) in [6.45, 7) is 0. The first-order chi connectivity index (χ1) is 1.97. The van der Waals surface area contributed by atoms with Gasteiger partial charge in [0.15, 0.2) is 0 Å². The Labute approximate surface area is 28.0 Å². The van der Waals surface area contributed by atoms with Crippen LogP contribution in [0.5, 0.6) is 0 Å². The molecule has 2 aliphatic rings. The van der Waals surface area contributed by atoms with E-state index in [1.54, 1.807) is 11.8 Å². The molecule has 0 unspecified atom stereocenters. The van der Waals surface area contributed by atoms with Crippen molar-refractivity contribution in [1.29, 1.82) is 0 Å². The molecule has 0 saturated carbocycles. The van der Waals surface area contributed by atoms with Crippen LogP contribution >= 0.6 is 15.2 Å². The summed E-state index contributed by atoms with van der Waals surface area (Å²) in [5.74, 6) is 3.43. The van der Waals surface area contributed by atoms with Gasteiger partial charge in [-0.2, -0.15) is 0 Å². The van der Waals surface area contributed by atoms with Crippen molar-refractivity contribution >= 4 is 15.2 Å². The van der Waals surface area contributed by atoms with Gasteiger partial charge in [0.05, 0.1) is 0 Å². The molecule has 0 aromatic rings. The predicted octanol–water partition coefficient (Wildman–Crippen LogP) is 1.81. The highest BCUT2D eigenvalue weighted by atomic mass is 32.2. The maximum atomic E-state index is 1.71. The number of rotatable bonds is 0. The Morgan fingerprint density at radius 3 is 1.25 bits per heavy atom. The van der Waals surface area contributed by atoms with Gasteiger partial charge in [0.1, 0.15) is 0 Å². The minimum absolute atomic E-state index is 0.861. The van der Waals surface area contributed by atoms with Gasteiger partial charge in [-0.05, 0) is 11.8 Å². The van der Waals surface area contributed by atoms with E-state index in [2.05, 4.69) is 0 Å². The highest BCUT2D eigenvalue weighted by Crippen LogP contribution is 3.08. The predicted molar refractivity (Wildman–Crippen MR) is 23.6 cm³/mol.